The summed E-state index contributed by atoms with van der Waals surface area (Å²) >= 11 is 3.31. The lowest BCUT2D eigenvalue weighted by Crippen LogP contribution is -2.41. The van der Waals surface area contributed by atoms with Crippen LogP contribution in [0.5, 0.6) is 0 Å². The minimum Gasteiger partial charge on any atom is -0.460 e. The van der Waals surface area contributed by atoms with Crippen LogP contribution < -0.4 is 10.9 Å². The number of hydrogen-bond acceptors (Lipinski definition) is 10. The molecule has 2 saturated heterocycles. The molecule has 0 aromatic carbocycles. The number of nitrogens with zero attached hydrogens (tertiary/aromatic N) is 3. The number of rotatable bonds is 11. The Balaban J connectivity index is 0.000000292. The summed E-state index contributed by atoms with van der Waals surface area (Å²) in [6, 6.07) is 0. The molecule has 2 fully saturated rings. The molecule has 2 aliphatic rings. The van der Waals surface area contributed by atoms with Gasteiger partial charge in [-0.25, -0.2) is 0 Å². The van der Waals surface area contributed by atoms with Crippen molar-refractivity contribution < 1.29 is 37.7 Å². The van der Waals surface area contributed by atoms with Crippen molar-refractivity contribution in [2.45, 2.75) is 176 Å². The van der Waals surface area contributed by atoms with Gasteiger partial charge in [-0.15, -0.1) is 0 Å². The maximum atomic E-state index is 11.7. The molecule has 15 heteroatoms. The molecular weight excluding hydrogens is 718 g/mol. The van der Waals surface area contributed by atoms with Crippen LogP contribution >= 0.6 is 15.9 Å². The second-order valence-corrected chi connectivity index (χ2v) is 17.8. The molecular formula is C36H63B2BrN4O8. The Labute approximate surface area is 315 Å². The molecule has 0 spiro atoms. The van der Waals surface area contributed by atoms with Crippen LogP contribution in [0.2, 0.25) is 0 Å². The maximum Gasteiger partial charge on any atom is 0.498 e. The molecule has 0 amide bonds. The van der Waals surface area contributed by atoms with E-state index in [0.29, 0.717) is 12.8 Å². The van der Waals surface area contributed by atoms with Gasteiger partial charge in [-0.3, -0.25) is 19.4 Å². The summed E-state index contributed by atoms with van der Waals surface area (Å²) in [6.45, 7) is 28.3. The molecule has 288 valence electrons. The van der Waals surface area contributed by atoms with Crippen LogP contribution in [0.4, 0.5) is 0 Å². The number of alkyl halides is 1. The first-order chi connectivity index (χ1) is 23.3. The van der Waals surface area contributed by atoms with Crippen molar-refractivity contribution in [3.8, 4) is 0 Å². The van der Waals surface area contributed by atoms with E-state index in [-0.39, 0.29) is 54.2 Å². The van der Waals surface area contributed by atoms with E-state index in [1.165, 1.54) is 0 Å². The lowest BCUT2D eigenvalue weighted by Gasteiger charge is -2.32. The van der Waals surface area contributed by atoms with Crippen molar-refractivity contribution in [1.82, 2.24) is 20.0 Å². The molecule has 0 atom stereocenters. The van der Waals surface area contributed by atoms with Crippen molar-refractivity contribution in [3.63, 3.8) is 0 Å². The van der Waals surface area contributed by atoms with Crippen molar-refractivity contribution in [2.75, 3.05) is 5.33 Å². The zero-order chi connectivity index (χ0) is 38.9. The van der Waals surface area contributed by atoms with Crippen LogP contribution in [0.1, 0.15) is 135 Å². The molecule has 4 rings (SSSR count). The third kappa shape index (κ3) is 15.0. The van der Waals surface area contributed by atoms with E-state index in [1.807, 2.05) is 108 Å². The lowest BCUT2D eigenvalue weighted by molar-refractivity contribution is -0.156. The monoisotopic (exact) mass is 780 g/mol. The van der Waals surface area contributed by atoms with Crippen LogP contribution in [0.25, 0.3) is 0 Å². The Morgan fingerprint density at radius 2 is 1.16 bits per heavy atom. The topological polar surface area (TPSA) is 136 Å². The zero-order valence-electron chi connectivity index (χ0n) is 33.6. The third-order valence-corrected chi connectivity index (χ3v) is 9.41. The Hall–Kier alpha value is -2.19. The van der Waals surface area contributed by atoms with E-state index in [2.05, 4.69) is 31.2 Å². The molecule has 2 aliphatic heterocycles. The second-order valence-electron chi connectivity index (χ2n) is 17.0. The fraction of sp³-hybridized carbons (Fsp3) is 0.778. The molecule has 51 heavy (non-hydrogen) atoms. The van der Waals surface area contributed by atoms with Gasteiger partial charge in [-0.05, 0) is 123 Å². The lowest BCUT2D eigenvalue weighted by atomic mass is 9.82. The number of aromatic amines is 1. The Bertz CT molecular complexity index is 1340. The van der Waals surface area contributed by atoms with Gasteiger partial charge in [0.1, 0.15) is 11.2 Å². The summed E-state index contributed by atoms with van der Waals surface area (Å²) in [5, 5.41) is 12.0. The van der Waals surface area contributed by atoms with Gasteiger partial charge in [-0.2, -0.15) is 10.2 Å². The number of ether oxygens (including phenoxy) is 2. The minimum absolute atomic E-state index is 0.0940. The summed E-state index contributed by atoms with van der Waals surface area (Å²) in [5.74, 6) is -0.241. The molecule has 12 nitrogen and oxygen atoms in total. The first-order valence-electron chi connectivity index (χ1n) is 18.0. The number of halogens is 1. The molecule has 1 N–H and O–H groups in total. The van der Waals surface area contributed by atoms with Crippen LogP contribution in [-0.2, 0) is 44.2 Å². The van der Waals surface area contributed by atoms with Crippen molar-refractivity contribution in [2.24, 2.45) is 0 Å². The highest BCUT2D eigenvalue weighted by Gasteiger charge is 2.53. The molecule has 4 heterocycles. The fourth-order valence-electron chi connectivity index (χ4n) is 4.66. The standard InChI is InChI=1S/C18H31BN2O4.C9H15BN2O2.C9H17BrO2/c1-16(2,3)23-15(22)10-8-9-11-21-13-14(12-20-21)19-24-17(4,5)18(6,7)25-19;1-8(2)9(3,4)14-10(13-8)7-5-11-12-6-7;1-9(2,3)12-8(11)6-4-5-7-10/h12-13H,8-11H2,1-7H3;5-6H,1-4H3,(H,11,12);4-7H2,1-3H3. The average molecular weight is 781 g/mol. The molecule has 0 unspecified atom stereocenters. The van der Waals surface area contributed by atoms with Crippen LogP contribution in [0.3, 0.4) is 0 Å². The number of aryl methyl sites for hydroxylation is 1. The van der Waals surface area contributed by atoms with Gasteiger partial charge in [0.25, 0.3) is 0 Å². The third-order valence-electron chi connectivity index (χ3n) is 8.85. The molecule has 2 aromatic rings. The number of carbonyl (C=O) groups is 2. The SMILES string of the molecule is CC(C)(C)OC(=O)CCCCBr.CC(C)(C)OC(=O)CCCCn1cc(B2OC(C)(C)C(C)(C)O2)cn1.CC1(C)OB(c2cn[nH]c2)OC1(C)C. The van der Waals surface area contributed by atoms with Gasteiger partial charge < -0.3 is 28.1 Å². The van der Waals surface area contributed by atoms with Crippen molar-refractivity contribution in [1.29, 1.82) is 0 Å². The summed E-state index contributed by atoms with van der Waals surface area (Å²) < 4.78 is 36.0. The van der Waals surface area contributed by atoms with E-state index >= 15 is 0 Å². The quantitative estimate of drug-likeness (QED) is 0.120. The van der Waals surface area contributed by atoms with Crippen molar-refractivity contribution in [3.05, 3.63) is 24.8 Å². The number of aromatic nitrogens is 4. The molecule has 0 radical (unpaired) electrons. The fourth-order valence-corrected chi connectivity index (χ4v) is 5.06. The smallest absolute Gasteiger partial charge is 0.460 e. The van der Waals surface area contributed by atoms with E-state index < -0.39 is 5.60 Å². The number of hydrogen-bond donors (Lipinski definition) is 1. The summed E-state index contributed by atoms with van der Waals surface area (Å²) in [4.78, 5) is 22.8. The average Bonchev–Trinajstić information content (AvgIpc) is 3.73. The highest BCUT2D eigenvalue weighted by atomic mass is 79.9. The normalized spacial score (nSPS) is 18.7. The van der Waals surface area contributed by atoms with Crippen LogP contribution in [-0.4, -0.2) is 85.1 Å². The largest absolute Gasteiger partial charge is 0.498 e. The molecule has 2 aromatic heterocycles. The second kappa shape index (κ2) is 18.2. The number of nitrogens with one attached hydrogen (secondary N) is 1. The Morgan fingerprint density at radius 3 is 1.55 bits per heavy atom. The molecule has 0 aliphatic carbocycles. The number of H-pyrrole nitrogens is 1. The summed E-state index contributed by atoms with van der Waals surface area (Å²) in [5.41, 5.74) is -0.179. The highest BCUT2D eigenvalue weighted by Crippen LogP contribution is 2.37. The van der Waals surface area contributed by atoms with Gasteiger partial charge in [0.05, 0.1) is 22.4 Å². The molecule has 0 bridgehead atoms. The predicted molar refractivity (Wildman–Crippen MR) is 205 cm³/mol. The number of unbranched alkanes of at least 4 members (excludes halogenated alkanes) is 2. The molecule has 0 saturated carbocycles. The van der Waals surface area contributed by atoms with Gasteiger partial charge in [0.2, 0.25) is 0 Å². The van der Waals surface area contributed by atoms with Gasteiger partial charge in [0, 0.05) is 60.4 Å². The van der Waals surface area contributed by atoms with Crippen LogP contribution in [0.15, 0.2) is 24.8 Å². The van der Waals surface area contributed by atoms with Crippen molar-refractivity contribution >= 4 is 53.0 Å². The Morgan fingerprint density at radius 1 is 0.725 bits per heavy atom. The highest BCUT2D eigenvalue weighted by molar-refractivity contribution is 9.09. The van der Waals surface area contributed by atoms with E-state index in [1.54, 1.807) is 18.6 Å². The first-order valence-corrected chi connectivity index (χ1v) is 19.1. The first kappa shape index (κ1) is 45.0. The van der Waals surface area contributed by atoms with E-state index in [0.717, 1.165) is 48.5 Å². The van der Waals surface area contributed by atoms with E-state index in [4.69, 9.17) is 28.1 Å². The van der Waals surface area contributed by atoms with Gasteiger partial charge >= 0.3 is 26.2 Å². The zero-order valence-corrected chi connectivity index (χ0v) is 35.2. The maximum absolute atomic E-state index is 11.7. The van der Waals surface area contributed by atoms with Gasteiger partial charge in [-0.1, -0.05) is 15.9 Å². The minimum atomic E-state index is -0.420. The van der Waals surface area contributed by atoms with Crippen LogP contribution in [0, 0.1) is 0 Å². The van der Waals surface area contributed by atoms with E-state index in [9.17, 15) is 9.59 Å². The summed E-state index contributed by atoms with van der Waals surface area (Å²) in [7, 11) is -0.695. The summed E-state index contributed by atoms with van der Waals surface area (Å²) in [6.07, 6.45) is 11.8. The number of carbonyl (C=O) groups excluding carboxylic acids is 2. The Kier molecular flexibility index (Phi) is 16.1. The van der Waals surface area contributed by atoms with Gasteiger partial charge in [0.15, 0.2) is 0 Å². The number of esters is 2. The predicted octanol–water partition coefficient (Wildman–Crippen LogP) is 6.30.